The molecule has 3 N–H and O–H groups in total. The Bertz CT molecular complexity index is 906. The van der Waals surface area contributed by atoms with Crippen molar-refractivity contribution in [3.05, 3.63) is 59.7 Å². The van der Waals surface area contributed by atoms with Gasteiger partial charge in [0.2, 0.25) is 5.96 Å². The summed E-state index contributed by atoms with van der Waals surface area (Å²) in [7, 11) is 0. The van der Waals surface area contributed by atoms with E-state index in [4.69, 9.17) is 5.73 Å². The van der Waals surface area contributed by atoms with E-state index < -0.39 is 12.7 Å². The Morgan fingerprint density at radius 2 is 1.20 bits per heavy atom. The number of hydrazone groups is 1. The maximum absolute atomic E-state index is 12.1. The summed E-state index contributed by atoms with van der Waals surface area (Å²) in [5, 5.41) is 10.9. The molecule has 0 aliphatic carbocycles. The first-order valence-electron chi connectivity index (χ1n) is 7.87. The summed E-state index contributed by atoms with van der Waals surface area (Å²) >= 11 is 0. The fourth-order valence-corrected chi connectivity index (χ4v) is 1.86. The molecule has 2 aromatic carbocycles. The molecular formula is C17H13F6N5O2. The van der Waals surface area contributed by atoms with Gasteiger partial charge in [0, 0.05) is 0 Å². The molecule has 7 nitrogen and oxygen atoms in total. The van der Waals surface area contributed by atoms with Crippen LogP contribution in [0.1, 0.15) is 11.1 Å². The lowest BCUT2D eigenvalue weighted by Crippen LogP contribution is -2.26. The lowest BCUT2D eigenvalue weighted by Gasteiger charge is -2.08. The molecule has 0 aromatic heterocycles. The van der Waals surface area contributed by atoms with Crippen molar-refractivity contribution in [1.29, 1.82) is 0 Å². The minimum atomic E-state index is -4.78. The fourth-order valence-electron chi connectivity index (χ4n) is 1.86. The number of hydrogen-bond acceptors (Lipinski definition) is 5. The molecule has 0 amide bonds. The average molecular weight is 433 g/mol. The van der Waals surface area contributed by atoms with Gasteiger partial charge in [-0.3, -0.25) is 0 Å². The van der Waals surface area contributed by atoms with Crippen LogP contribution in [0.15, 0.2) is 63.8 Å². The van der Waals surface area contributed by atoms with Gasteiger partial charge in [0.15, 0.2) is 0 Å². The third-order valence-corrected chi connectivity index (χ3v) is 2.99. The first kappa shape index (κ1) is 22.5. The van der Waals surface area contributed by atoms with E-state index >= 15 is 0 Å². The van der Waals surface area contributed by atoms with Gasteiger partial charge in [0.05, 0.1) is 12.4 Å². The highest BCUT2D eigenvalue weighted by Gasteiger charge is 2.31. The number of halogens is 6. The van der Waals surface area contributed by atoms with Gasteiger partial charge >= 0.3 is 12.7 Å². The van der Waals surface area contributed by atoms with Gasteiger partial charge in [0.1, 0.15) is 11.5 Å². The Hall–Kier alpha value is -3.77. The number of rotatable bonds is 6. The lowest BCUT2D eigenvalue weighted by molar-refractivity contribution is -0.275. The monoisotopic (exact) mass is 433 g/mol. The van der Waals surface area contributed by atoms with Crippen LogP contribution in [-0.2, 0) is 0 Å². The van der Waals surface area contributed by atoms with Crippen LogP contribution in [0.2, 0.25) is 0 Å². The number of nitrogens with two attached hydrogens (primary N) is 1. The standard InChI is InChI=1S/C17H13F6N5O2/c18-16(19,20)29-13-5-1-11(2-6-13)9-25-27-15(24)28-26-10-12-3-7-14(8-4-12)30-17(21,22)23/h1-10H,(H3,24,27,28)/b25-9+,26-10+. The Balaban J connectivity index is 1.85. The maximum Gasteiger partial charge on any atom is 0.573 e. The van der Waals surface area contributed by atoms with Crippen molar-refractivity contribution in [1.82, 2.24) is 5.43 Å². The van der Waals surface area contributed by atoms with Crippen molar-refractivity contribution in [3.8, 4) is 11.5 Å². The topological polar surface area (TPSA) is 93.6 Å². The van der Waals surface area contributed by atoms with Crippen molar-refractivity contribution < 1.29 is 35.8 Å². The van der Waals surface area contributed by atoms with Crippen LogP contribution in [0.3, 0.4) is 0 Å². The number of alkyl halides is 6. The van der Waals surface area contributed by atoms with Crippen molar-refractivity contribution in [2.45, 2.75) is 12.7 Å². The van der Waals surface area contributed by atoms with Gasteiger partial charge in [-0.25, -0.2) is 5.43 Å². The number of guanidine groups is 1. The molecule has 0 unspecified atom stereocenters. The van der Waals surface area contributed by atoms with Crippen LogP contribution in [0.25, 0.3) is 0 Å². The maximum atomic E-state index is 12.1. The third kappa shape index (κ3) is 8.95. The molecular weight excluding hydrogens is 420 g/mol. The number of hydrogen-bond donors (Lipinski definition) is 2. The first-order valence-corrected chi connectivity index (χ1v) is 7.87. The highest BCUT2D eigenvalue weighted by atomic mass is 19.4. The van der Waals surface area contributed by atoms with E-state index in [1.807, 2.05) is 0 Å². The molecule has 160 valence electrons. The predicted octanol–water partition coefficient (Wildman–Crippen LogP) is 3.76. The van der Waals surface area contributed by atoms with E-state index in [-0.39, 0.29) is 17.5 Å². The van der Waals surface area contributed by atoms with Crippen molar-refractivity contribution >= 4 is 18.4 Å². The summed E-state index contributed by atoms with van der Waals surface area (Å²) in [6.45, 7) is 0. The highest BCUT2D eigenvalue weighted by Crippen LogP contribution is 2.23. The van der Waals surface area contributed by atoms with Gasteiger partial charge in [-0.15, -0.1) is 31.4 Å². The lowest BCUT2D eigenvalue weighted by atomic mass is 10.2. The molecule has 2 aromatic rings. The molecule has 0 aliphatic rings. The normalized spacial score (nSPS) is 13.1. The molecule has 0 radical (unpaired) electrons. The van der Waals surface area contributed by atoms with Crippen molar-refractivity contribution in [3.63, 3.8) is 0 Å². The molecule has 0 fully saturated rings. The summed E-state index contributed by atoms with van der Waals surface area (Å²) in [5.41, 5.74) is 8.73. The molecule has 0 heterocycles. The molecule has 0 atom stereocenters. The largest absolute Gasteiger partial charge is 0.573 e. The van der Waals surface area contributed by atoms with Crippen molar-refractivity contribution in [2.24, 2.45) is 21.0 Å². The van der Waals surface area contributed by atoms with E-state index in [1.165, 1.54) is 36.7 Å². The smallest absolute Gasteiger partial charge is 0.406 e. The zero-order valence-electron chi connectivity index (χ0n) is 14.8. The Labute approximate surface area is 165 Å². The van der Waals surface area contributed by atoms with E-state index in [0.29, 0.717) is 11.1 Å². The number of ether oxygens (including phenoxy) is 2. The zero-order chi connectivity index (χ0) is 22.2. The summed E-state index contributed by atoms with van der Waals surface area (Å²) in [6.07, 6.45) is -7.06. The van der Waals surface area contributed by atoms with E-state index in [0.717, 1.165) is 24.3 Å². The van der Waals surface area contributed by atoms with Gasteiger partial charge in [-0.2, -0.15) is 10.2 Å². The van der Waals surface area contributed by atoms with Crippen LogP contribution in [0.5, 0.6) is 11.5 Å². The number of benzene rings is 2. The molecule has 30 heavy (non-hydrogen) atoms. The second kappa shape index (κ2) is 9.62. The minimum absolute atomic E-state index is 0.212. The summed E-state index contributed by atoms with van der Waals surface area (Å²) in [5.74, 6) is -0.964. The van der Waals surface area contributed by atoms with E-state index in [1.54, 1.807) is 0 Å². The van der Waals surface area contributed by atoms with Gasteiger partial charge < -0.3 is 15.2 Å². The Morgan fingerprint density at radius 3 is 1.63 bits per heavy atom. The Kier molecular flexibility index (Phi) is 7.22. The Morgan fingerprint density at radius 1 is 0.767 bits per heavy atom. The second-order valence-electron chi connectivity index (χ2n) is 5.33. The molecule has 0 spiro atoms. The number of nitrogens with one attached hydrogen (secondary N) is 1. The second-order valence-corrected chi connectivity index (χ2v) is 5.33. The average Bonchev–Trinajstić information content (AvgIpc) is 2.62. The third-order valence-electron chi connectivity index (χ3n) is 2.99. The van der Waals surface area contributed by atoms with Crippen LogP contribution in [-0.4, -0.2) is 31.1 Å². The van der Waals surface area contributed by atoms with Crippen LogP contribution in [0.4, 0.5) is 26.3 Å². The van der Waals surface area contributed by atoms with Gasteiger partial charge in [0.25, 0.3) is 0 Å². The highest BCUT2D eigenvalue weighted by molar-refractivity contribution is 5.84. The quantitative estimate of drug-likeness (QED) is 0.314. The molecule has 13 heteroatoms. The first-order chi connectivity index (χ1) is 14.0. The molecule has 2 rings (SSSR count). The fraction of sp³-hybridized carbons (Fsp3) is 0.118. The molecule has 0 saturated heterocycles. The molecule has 0 saturated carbocycles. The van der Waals surface area contributed by atoms with Crippen LogP contribution in [0, 0.1) is 0 Å². The van der Waals surface area contributed by atoms with Gasteiger partial charge in [-0.1, -0.05) is 0 Å². The van der Waals surface area contributed by atoms with Crippen LogP contribution >= 0.6 is 0 Å². The van der Waals surface area contributed by atoms with Crippen molar-refractivity contribution in [2.75, 3.05) is 0 Å². The van der Waals surface area contributed by atoms with E-state index in [2.05, 4.69) is 30.2 Å². The van der Waals surface area contributed by atoms with Crippen LogP contribution < -0.4 is 20.6 Å². The summed E-state index contributed by atoms with van der Waals surface area (Å²) in [6, 6.07) is 9.77. The minimum Gasteiger partial charge on any atom is -0.406 e. The SMILES string of the molecule is N/C(=N/N=C/c1ccc(OC(F)(F)F)cc1)N/N=C/c1ccc(OC(F)(F)F)cc1. The molecule has 0 aliphatic heterocycles. The summed E-state index contributed by atoms with van der Waals surface area (Å²) in [4.78, 5) is 0. The predicted molar refractivity (Wildman–Crippen MR) is 96.2 cm³/mol. The van der Waals surface area contributed by atoms with Gasteiger partial charge in [-0.05, 0) is 59.7 Å². The number of nitrogens with zero attached hydrogens (tertiary/aromatic N) is 3. The zero-order valence-corrected chi connectivity index (χ0v) is 14.8. The molecule has 0 bridgehead atoms. The van der Waals surface area contributed by atoms with E-state index in [9.17, 15) is 26.3 Å². The summed E-state index contributed by atoms with van der Waals surface area (Å²) < 4.78 is 79.9.